The lowest BCUT2D eigenvalue weighted by molar-refractivity contribution is -0.137. The summed E-state index contributed by atoms with van der Waals surface area (Å²) in [5, 5.41) is 3.81. The summed E-state index contributed by atoms with van der Waals surface area (Å²) in [7, 11) is 0. The second kappa shape index (κ2) is 7.70. The molecule has 152 valence electrons. The number of rotatable bonds is 3. The van der Waals surface area contributed by atoms with Crippen LogP contribution in [0.5, 0.6) is 0 Å². The van der Waals surface area contributed by atoms with Crippen LogP contribution in [0.3, 0.4) is 0 Å². The number of para-hydroxylation sites is 1. The molecule has 0 atom stereocenters. The molecular weight excluding hydrogens is 451 g/mol. The van der Waals surface area contributed by atoms with Crippen molar-refractivity contribution in [2.24, 2.45) is 0 Å². The van der Waals surface area contributed by atoms with Gasteiger partial charge in [0.1, 0.15) is 11.4 Å². The van der Waals surface area contributed by atoms with Crippen LogP contribution in [0.2, 0.25) is 0 Å². The molecule has 0 spiro atoms. The maximum absolute atomic E-state index is 12.7. The number of piperidine rings is 1. The maximum atomic E-state index is 12.7. The van der Waals surface area contributed by atoms with Gasteiger partial charge in [-0.2, -0.15) is 13.2 Å². The Morgan fingerprint density at radius 3 is 2.59 bits per heavy atom. The van der Waals surface area contributed by atoms with E-state index in [1.54, 1.807) is 6.07 Å². The second-order valence-electron chi connectivity index (χ2n) is 6.91. The van der Waals surface area contributed by atoms with E-state index in [1.165, 1.54) is 6.07 Å². The first-order chi connectivity index (χ1) is 13.8. The number of pyridine rings is 1. The SMILES string of the molecule is O=C(NC1CCN(c2ccc(C(F)(F)F)cn2)CC1)c1cc2cccc(Br)c2o1. The van der Waals surface area contributed by atoms with Crippen molar-refractivity contribution in [2.75, 3.05) is 18.0 Å². The fourth-order valence-corrected chi connectivity index (χ4v) is 3.85. The molecule has 2 aromatic heterocycles. The highest BCUT2D eigenvalue weighted by atomic mass is 79.9. The predicted molar refractivity (Wildman–Crippen MR) is 106 cm³/mol. The molecule has 3 heterocycles. The summed E-state index contributed by atoms with van der Waals surface area (Å²) in [4.78, 5) is 18.4. The number of furan rings is 1. The molecule has 1 aliphatic rings. The van der Waals surface area contributed by atoms with Gasteiger partial charge < -0.3 is 14.6 Å². The Morgan fingerprint density at radius 1 is 1.21 bits per heavy atom. The maximum Gasteiger partial charge on any atom is 0.417 e. The quantitative estimate of drug-likeness (QED) is 0.588. The Morgan fingerprint density at radius 2 is 1.97 bits per heavy atom. The number of carbonyl (C=O) groups is 1. The molecule has 0 aliphatic carbocycles. The zero-order valence-corrected chi connectivity index (χ0v) is 16.8. The Kier molecular flexibility index (Phi) is 5.24. The van der Waals surface area contributed by atoms with Crippen LogP contribution < -0.4 is 10.2 Å². The smallest absolute Gasteiger partial charge is 0.417 e. The first kappa shape index (κ1) is 19.8. The molecule has 4 rings (SSSR count). The van der Waals surface area contributed by atoms with Gasteiger partial charge in [0.15, 0.2) is 5.76 Å². The van der Waals surface area contributed by atoms with Crippen molar-refractivity contribution in [3.8, 4) is 0 Å². The van der Waals surface area contributed by atoms with Gasteiger partial charge in [-0.1, -0.05) is 12.1 Å². The zero-order chi connectivity index (χ0) is 20.6. The standard InChI is InChI=1S/C20H17BrF3N3O2/c21-15-3-1-2-12-10-16(29-18(12)15)19(28)26-14-6-8-27(9-7-14)17-5-4-13(11-25-17)20(22,23)24/h1-5,10-11,14H,6-9H2,(H,26,28). The fourth-order valence-electron chi connectivity index (χ4n) is 3.39. The minimum Gasteiger partial charge on any atom is -0.450 e. The number of halogens is 4. The van der Waals surface area contributed by atoms with Crippen molar-refractivity contribution in [3.05, 3.63) is 58.4 Å². The highest BCUT2D eigenvalue weighted by Crippen LogP contribution is 2.30. The number of nitrogens with zero attached hydrogens (tertiary/aromatic N) is 2. The third-order valence-corrected chi connectivity index (χ3v) is 5.57. The van der Waals surface area contributed by atoms with Crippen molar-refractivity contribution < 1.29 is 22.4 Å². The zero-order valence-electron chi connectivity index (χ0n) is 15.2. The number of nitrogens with one attached hydrogen (secondary N) is 1. The van der Waals surface area contributed by atoms with Crippen LogP contribution in [0, 0.1) is 0 Å². The lowest BCUT2D eigenvalue weighted by atomic mass is 10.0. The lowest BCUT2D eigenvalue weighted by Crippen LogP contribution is -2.44. The van der Waals surface area contributed by atoms with E-state index in [9.17, 15) is 18.0 Å². The number of aromatic nitrogens is 1. The fraction of sp³-hybridized carbons (Fsp3) is 0.300. The van der Waals surface area contributed by atoms with Gasteiger partial charge in [0.25, 0.3) is 5.91 Å². The van der Waals surface area contributed by atoms with E-state index in [0.29, 0.717) is 37.3 Å². The topological polar surface area (TPSA) is 58.4 Å². The van der Waals surface area contributed by atoms with Crippen LogP contribution in [0.4, 0.5) is 19.0 Å². The molecule has 1 aliphatic heterocycles. The van der Waals surface area contributed by atoms with Crippen molar-refractivity contribution >= 4 is 38.6 Å². The van der Waals surface area contributed by atoms with Gasteiger partial charge in [-0.15, -0.1) is 0 Å². The molecule has 1 fully saturated rings. The first-order valence-corrected chi connectivity index (χ1v) is 9.88. The molecule has 1 amide bonds. The Hall–Kier alpha value is -2.55. The summed E-state index contributed by atoms with van der Waals surface area (Å²) in [5.74, 6) is 0.475. The Balaban J connectivity index is 1.35. The van der Waals surface area contributed by atoms with E-state index in [4.69, 9.17) is 4.42 Å². The summed E-state index contributed by atoms with van der Waals surface area (Å²) in [6.07, 6.45) is -2.21. The van der Waals surface area contributed by atoms with Crippen molar-refractivity contribution in [3.63, 3.8) is 0 Å². The number of anilines is 1. The van der Waals surface area contributed by atoms with Crippen LogP contribution in [0.15, 0.2) is 51.5 Å². The Bertz CT molecular complexity index is 1030. The van der Waals surface area contributed by atoms with Gasteiger partial charge in [-0.3, -0.25) is 4.79 Å². The van der Waals surface area contributed by atoms with Crippen LogP contribution in [0.25, 0.3) is 11.0 Å². The monoisotopic (exact) mass is 467 g/mol. The predicted octanol–water partition coefficient (Wildman–Crippen LogP) is 5.01. The van der Waals surface area contributed by atoms with Gasteiger partial charge in [-0.05, 0) is 53.0 Å². The molecular formula is C20H17BrF3N3O2. The summed E-state index contributed by atoms with van der Waals surface area (Å²) in [6.45, 7) is 1.18. The van der Waals surface area contributed by atoms with Gasteiger partial charge in [0.05, 0.1) is 10.0 Å². The molecule has 0 bridgehead atoms. The highest BCUT2D eigenvalue weighted by Gasteiger charge is 2.31. The van der Waals surface area contributed by atoms with E-state index >= 15 is 0 Å². The second-order valence-corrected chi connectivity index (χ2v) is 7.76. The van der Waals surface area contributed by atoms with E-state index in [-0.39, 0.29) is 17.7 Å². The number of amides is 1. The summed E-state index contributed by atoms with van der Waals surface area (Å²) in [6, 6.07) is 9.67. The lowest BCUT2D eigenvalue weighted by Gasteiger charge is -2.33. The average molecular weight is 468 g/mol. The number of carbonyl (C=O) groups excluding carboxylic acids is 1. The third kappa shape index (κ3) is 4.24. The van der Waals surface area contributed by atoms with Crippen molar-refractivity contribution in [2.45, 2.75) is 25.1 Å². The summed E-state index contributed by atoms with van der Waals surface area (Å²) >= 11 is 3.40. The average Bonchev–Trinajstić information content (AvgIpc) is 3.14. The molecule has 29 heavy (non-hydrogen) atoms. The normalized spacial score (nSPS) is 15.7. The van der Waals surface area contributed by atoms with Gasteiger partial charge in [0.2, 0.25) is 0 Å². The summed E-state index contributed by atoms with van der Waals surface area (Å²) < 4.78 is 44.4. The molecule has 1 N–H and O–H groups in total. The third-order valence-electron chi connectivity index (χ3n) is 4.95. The minimum absolute atomic E-state index is 0.0372. The van der Waals surface area contributed by atoms with E-state index in [2.05, 4.69) is 26.2 Å². The minimum atomic E-state index is -4.39. The molecule has 1 saturated heterocycles. The van der Waals surface area contributed by atoms with Gasteiger partial charge in [0, 0.05) is 30.7 Å². The van der Waals surface area contributed by atoms with Gasteiger partial charge in [-0.25, -0.2) is 4.98 Å². The molecule has 1 aromatic carbocycles. The number of hydrogen-bond acceptors (Lipinski definition) is 4. The first-order valence-electron chi connectivity index (χ1n) is 9.08. The number of benzene rings is 1. The molecule has 5 nitrogen and oxygen atoms in total. The van der Waals surface area contributed by atoms with Crippen LogP contribution in [0.1, 0.15) is 29.0 Å². The number of fused-ring (bicyclic) bond motifs is 1. The molecule has 9 heteroatoms. The van der Waals surface area contributed by atoms with Crippen LogP contribution in [-0.2, 0) is 6.18 Å². The van der Waals surface area contributed by atoms with Crippen molar-refractivity contribution in [1.82, 2.24) is 10.3 Å². The van der Waals surface area contributed by atoms with Crippen LogP contribution >= 0.6 is 15.9 Å². The largest absolute Gasteiger partial charge is 0.450 e. The van der Waals surface area contributed by atoms with E-state index in [0.717, 1.165) is 22.1 Å². The molecule has 3 aromatic rings. The van der Waals surface area contributed by atoms with Crippen LogP contribution in [-0.4, -0.2) is 30.0 Å². The van der Waals surface area contributed by atoms with Gasteiger partial charge >= 0.3 is 6.18 Å². The Labute approximate surface area is 173 Å². The molecule has 0 unspecified atom stereocenters. The summed E-state index contributed by atoms with van der Waals surface area (Å²) in [5.41, 5.74) is -0.137. The van der Waals surface area contributed by atoms with E-state index in [1.807, 2.05) is 23.1 Å². The van der Waals surface area contributed by atoms with E-state index < -0.39 is 11.7 Å². The molecule has 0 saturated carbocycles. The van der Waals surface area contributed by atoms with Crippen molar-refractivity contribution in [1.29, 1.82) is 0 Å². The highest BCUT2D eigenvalue weighted by molar-refractivity contribution is 9.10. The molecule has 0 radical (unpaired) electrons. The number of alkyl halides is 3. The number of hydrogen-bond donors (Lipinski definition) is 1.